The van der Waals surface area contributed by atoms with E-state index in [9.17, 15) is 26.3 Å². The van der Waals surface area contributed by atoms with E-state index < -0.39 is 38.9 Å². The van der Waals surface area contributed by atoms with Gasteiger partial charge in [-0.25, -0.2) is 4.98 Å². The van der Waals surface area contributed by atoms with Crippen LogP contribution in [0.5, 0.6) is 0 Å². The van der Waals surface area contributed by atoms with E-state index in [1.165, 1.54) is 6.33 Å². The van der Waals surface area contributed by atoms with Crippen molar-refractivity contribution in [2.45, 2.75) is 18.9 Å². The molecule has 0 aliphatic heterocycles. The Morgan fingerprint density at radius 1 is 1.00 bits per heavy atom. The van der Waals surface area contributed by atoms with Crippen LogP contribution in [0.4, 0.5) is 43.8 Å². The summed E-state index contributed by atoms with van der Waals surface area (Å²) in [5, 5.41) is 3.08. The first-order valence-electron chi connectivity index (χ1n) is 9.24. The Hall–Kier alpha value is -2.66. The Morgan fingerprint density at radius 3 is 2.28 bits per heavy atom. The number of benzene rings is 1. The number of halogens is 6. The maximum Gasteiger partial charge on any atom is 0.392 e. The molecule has 0 saturated carbocycles. The number of ether oxygens (including phenoxy) is 1. The topological polar surface area (TPSA) is 90.9 Å². The highest BCUT2D eigenvalue weighted by atomic mass is 31.1. The van der Waals surface area contributed by atoms with Crippen LogP contribution in [-0.2, 0) is 11.3 Å². The molecule has 2 aromatic heterocycles. The number of para-hydroxylation sites is 1. The molecular formula is C18H19F6N6OP. The Labute approximate surface area is 179 Å². The van der Waals surface area contributed by atoms with Crippen molar-refractivity contribution < 1.29 is 31.1 Å². The van der Waals surface area contributed by atoms with Gasteiger partial charge in [0.2, 0.25) is 5.95 Å². The van der Waals surface area contributed by atoms with Gasteiger partial charge in [-0.05, 0) is 12.1 Å². The van der Waals surface area contributed by atoms with Crippen LogP contribution < -0.4 is 11.1 Å². The molecule has 3 N–H and O–H groups in total. The smallest absolute Gasteiger partial charge is 0.375 e. The summed E-state index contributed by atoms with van der Waals surface area (Å²) in [6, 6.07) is 9.13. The third-order valence-corrected chi connectivity index (χ3v) is 6.23. The fraction of sp³-hybridized carbons (Fsp3) is 0.389. The number of fused-ring (bicyclic) bond motifs is 1. The van der Waals surface area contributed by atoms with Crippen molar-refractivity contribution in [3.05, 3.63) is 36.7 Å². The lowest BCUT2D eigenvalue weighted by atomic mass is 10.3. The molecule has 3 aromatic rings. The Bertz CT molecular complexity index is 1010. The number of anilines is 3. The SMILES string of the molecule is Nc1nc(Nc2ccccc2)c2ncn(CCOCP(CC(F)(F)F)CC(F)(F)F)c2n1. The van der Waals surface area contributed by atoms with Crippen molar-refractivity contribution >= 4 is 36.5 Å². The second-order valence-corrected chi connectivity index (χ2v) is 9.02. The number of nitrogens with two attached hydrogens (primary N) is 1. The van der Waals surface area contributed by atoms with E-state index in [2.05, 4.69) is 20.3 Å². The summed E-state index contributed by atoms with van der Waals surface area (Å²) in [5.74, 6) is 0.328. The van der Waals surface area contributed by atoms with Crippen LogP contribution in [0.3, 0.4) is 0 Å². The Morgan fingerprint density at radius 2 is 1.66 bits per heavy atom. The summed E-state index contributed by atoms with van der Waals surface area (Å²) in [6.07, 6.45) is -11.6. The Kier molecular flexibility index (Phi) is 7.40. The molecule has 0 aliphatic carbocycles. The van der Waals surface area contributed by atoms with Crippen molar-refractivity contribution in [2.24, 2.45) is 0 Å². The van der Waals surface area contributed by atoms with Crippen LogP contribution in [-0.4, -0.2) is 57.2 Å². The number of rotatable bonds is 9. The predicted molar refractivity (Wildman–Crippen MR) is 109 cm³/mol. The summed E-state index contributed by atoms with van der Waals surface area (Å²) in [4.78, 5) is 12.5. The molecule has 1 aromatic carbocycles. The minimum atomic E-state index is -4.68. The van der Waals surface area contributed by atoms with Crippen LogP contribution in [0.15, 0.2) is 36.7 Å². The normalized spacial score (nSPS) is 12.6. The van der Waals surface area contributed by atoms with Crippen LogP contribution in [0.25, 0.3) is 11.2 Å². The van der Waals surface area contributed by atoms with Gasteiger partial charge in [0.1, 0.15) is 0 Å². The van der Waals surface area contributed by atoms with Crippen molar-refractivity contribution in [3.8, 4) is 0 Å². The molecule has 0 amide bonds. The first-order chi connectivity index (χ1) is 15.0. The molecule has 3 rings (SSSR count). The van der Waals surface area contributed by atoms with Crippen LogP contribution in [0, 0.1) is 0 Å². The zero-order chi connectivity index (χ0) is 23.4. The summed E-state index contributed by atoms with van der Waals surface area (Å²) < 4.78 is 82.1. The second-order valence-electron chi connectivity index (χ2n) is 6.79. The maximum atomic E-state index is 12.6. The molecule has 0 aliphatic rings. The summed E-state index contributed by atoms with van der Waals surface area (Å²) in [7, 11) is -2.43. The number of nitrogen functional groups attached to an aromatic ring is 1. The first kappa shape index (κ1) is 24.0. The third kappa shape index (κ3) is 7.20. The fourth-order valence-corrected chi connectivity index (χ4v) is 4.58. The molecule has 0 bridgehead atoms. The lowest BCUT2D eigenvalue weighted by Gasteiger charge is -2.20. The van der Waals surface area contributed by atoms with E-state index in [0.717, 1.165) is 5.69 Å². The van der Waals surface area contributed by atoms with E-state index in [0.29, 0.717) is 17.0 Å². The van der Waals surface area contributed by atoms with Gasteiger partial charge >= 0.3 is 12.4 Å². The molecule has 14 heteroatoms. The number of hydrogen-bond acceptors (Lipinski definition) is 6. The van der Waals surface area contributed by atoms with E-state index in [1.807, 2.05) is 30.3 Å². The maximum absolute atomic E-state index is 12.6. The molecule has 0 atom stereocenters. The third-order valence-electron chi connectivity index (χ3n) is 4.07. The van der Waals surface area contributed by atoms with E-state index in [1.54, 1.807) is 4.57 Å². The van der Waals surface area contributed by atoms with Crippen molar-refractivity contribution in [1.29, 1.82) is 0 Å². The highest BCUT2D eigenvalue weighted by Crippen LogP contribution is 2.45. The average molecular weight is 480 g/mol. The van der Waals surface area contributed by atoms with E-state index in [-0.39, 0.29) is 19.1 Å². The molecule has 32 heavy (non-hydrogen) atoms. The molecule has 0 spiro atoms. The number of alkyl halides is 6. The van der Waals surface area contributed by atoms with Gasteiger partial charge in [0, 0.05) is 12.2 Å². The lowest BCUT2D eigenvalue weighted by molar-refractivity contribution is -0.112. The van der Waals surface area contributed by atoms with Gasteiger partial charge < -0.3 is 20.4 Å². The van der Waals surface area contributed by atoms with Gasteiger partial charge in [-0.2, -0.15) is 36.3 Å². The molecule has 0 fully saturated rings. The van der Waals surface area contributed by atoms with Gasteiger partial charge in [-0.15, -0.1) is 0 Å². The minimum absolute atomic E-state index is 0.0301. The van der Waals surface area contributed by atoms with Crippen molar-refractivity contribution in [2.75, 3.05) is 36.3 Å². The largest absolute Gasteiger partial charge is 0.392 e. The Balaban J connectivity index is 1.65. The van der Waals surface area contributed by atoms with Crippen molar-refractivity contribution in [3.63, 3.8) is 0 Å². The number of imidazole rings is 1. The van der Waals surface area contributed by atoms with Crippen molar-refractivity contribution in [1.82, 2.24) is 19.5 Å². The molecule has 0 saturated heterocycles. The van der Waals surface area contributed by atoms with Gasteiger partial charge in [0.15, 0.2) is 17.0 Å². The van der Waals surface area contributed by atoms with Gasteiger partial charge in [0.25, 0.3) is 0 Å². The molecule has 2 heterocycles. The monoisotopic (exact) mass is 480 g/mol. The van der Waals surface area contributed by atoms with E-state index >= 15 is 0 Å². The summed E-state index contributed by atoms with van der Waals surface area (Å²) in [6.45, 7) is -0.00962. The molecule has 0 unspecified atom stereocenters. The average Bonchev–Trinajstić information content (AvgIpc) is 3.06. The molecule has 0 radical (unpaired) electrons. The first-order valence-corrected chi connectivity index (χ1v) is 11.1. The number of nitrogens with zero attached hydrogens (tertiary/aromatic N) is 4. The summed E-state index contributed by atoms with van der Waals surface area (Å²) >= 11 is 0. The fourth-order valence-electron chi connectivity index (χ4n) is 2.88. The number of hydrogen-bond donors (Lipinski definition) is 2. The zero-order valence-corrected chi connectivity index (χ0v) is 17.4. The highest BCUT2D eigenvalue weighted by molar-refractivity contribution is 7.57. The molecule has 7 nitrogen and oxygen atoms in total. The molecule has 174 valence electrons. The van der Waals surface area contributed by atoms with Gasteiger partial charge in [0.05, 0.1) is 31.6 Å². The van der Waals surface area contributed by atoms with Crippen LogP contribution in [0.1, 0.15) is 0 Å². The van der Waals surface area contributed by atoms with Gasteiger partial charge in [-0.1, -0.05) is 26.1 Å². The van der Waals surface area contributed by atoms with E-state index in [4.69, 9.17) is 10.5 Å². The number of aromatic nitrogens is 4. The lowest BCUT2D eigenvalue weighted by Crippen LogP contribution is -2.22. The minimum Gasteiger partial charge on any atom is -0.375 e. The van der Waals surface area contributed by atoms with Crippen LogP contribution >= 0.6 is 7.92 Å². The summed E-state index contributed by atoms with van der Waals surface area (Å²) in [5.41, 5.74) is 7.27. The van der Waals surface area contributed by atoms with Gasteiger partial charge in [-0.3, -0.25) is 0 Å². The standard InChI is InChI=1S/C18H19F6N6OP/c19-17(20,21)8-32(9-18(22,23)24)11-31-7-6-30-10-26-13-14(28-16(25)29-15(13)30)27-12-4-2-1-3-5-12/h1-5,10H,6-9,11H2,(H3,25,27,28,29). The number of nitrogens with one attached hydrogen (secondary N) is 1. The predicted octanol–water partition coefficient (Wildman–Crippen LogP) is 4.73. The quantitative estimate of drug-likeness (QED) is 0.261. The molecular weight excluding hydrogens is 461 g/mol. The highest BCUT2D eigenvalue weighted by Gasteiger charge is 2.38. The zero-order valence-electron chi connectivity index (χ0n) is 16.5. The second kappa shape index (κ2) is 9.86. The van der Waals surface area contributed by atoms with Crippen LogP contribution in [0.2, 0.25) is 0 Å².